The maximum absolute atomic E-state index is 12.2. The van der Waals surface area contributed by atoms with E-state index >= 15 is 0 Å². The standard InChI is InChI=1S/C15H24N2O2.ClH/c1-5-17(15(18)14(16)11(2)3)10-12-6-8-13(19-4)9-7-12;/h6-9,11,14H,5,10,16H2,1-4H3;1H/t14-;/m1./s1. The van der Waals surface area contributed by atoms with Crippen molar-refractivity contribution >= 4 is 18.3 Å². The molecule has 0 aliphatic rings. The predicted octanol–water partition coefficient (Wildman–Crippen LogP) is 2.45. The summed E-state index contributed by atoms with van der Waals surface area (Å²) in [6.45, 7) is 7.13. The molecule has 0 bridgehead atoms. The van der Waals surface area contributed by atoms with E-state index in [0.29, 0.717) is 13.1 Å². The molecule has 1 rings (SSSR count). The molecular formula is C15H25ClN2O2. The second-order valence-electron chi connectivity index (χ2n) is 4.97. The van der Waals surface area contributed by atoms with Gasteiger partial charge in [-0.2, -0.15) is 0 Å². The molecule has 1 aromatic rings. The Balaban J connectivity index is 0.00000361. The van der Waals surface area contributed by atoms with Gasteiger partial charge in [0.15, 0.2) is 0 Å². The van der Waals surface area contributed by atoms with Crippen molar-refractivity contribution in [3.8, 4) is 5.75 Å². The van der Waals surface area contributed by atoms with E-state index in [0.717, 1.165) is 11.3 Å². The van der Waals surface area contributed by atoms with E-state index in [-0.39, 0.29) is 24.2 Å². The molecule has 0 saturated heterocycles. The van der Waals surface area contributed by atoms with E-state index in [1.165, 1.54) is 0 Å². The molecule has 0 heterocycles. The third kappa shape index (κ3) is 5.02. The third-order valence-corrected chi connectivity index (χ3v) is 3.23. The minimum Gasteiger partial charge on any atom is -0.497 e. The number of hydrogen-bond donors (Lipinski definition) is 1. The molecule has 0 aromatic heterocycles. The van der Waals surface area contributed by atoms with Crippen LogP contribution < -0.4 is 10.5 Å². The van der Waals surface area contributed by atoms with Crippen molar-refractivity contribution in [2.45, 2.75) is 33.4 Å². The van der Waals surface area contributed by atoms with Crippen molar-refractivity contribution in [2.75, 3.05) is 13.7 Å². The summed E-state index contributed by atoms with van der Waals surface area (Å²) in [5.74, 6) is 0.975. The van der Waals surface area contributed by atoms with Crippen LogP contribution in [0.25, 0.3) is 0 Å². The van der Waals surface area contributed by atoms with E-state index in [1.54, 1.807) is 12.0 Å². The Morgan fingerprint density at radius 3 is 2.25 bits per heavy atom. The number of methoxy groups -OCH3 is 1. The first kappa shape index (κ1) is 18.7. The highest BCUT2D eigenvalue weighted by Crippen LogP contribution is 2.14. The molecule has 0 saturated carbocycles. The lowest BCUT2D eigenvalue weighted by Gasteiger charge is -2.26. The molecule has 114 valence electrons. The average Bonchev–Trinajstić information content (AvgIpc) is 2.43. The fourth-order valence-corrected chi connectivity index (χ4v) is 1.79. The Bertz CT molecular complexity index is 407. The van der Waals surface area contributed by atoms with E-state index in [9.17, 15) is 4.79 Å². The molecule has 0 aliphatic heterocycles. The quantitative estimate of drug-likeness (QED) is 0.878. The van der Waals surface area contributed by atoms with Gasteiger partial charge in [0.1, 0.15) is 5.75 Å². The zero-order valence-corrected chi connectivity index (χ0v) is 13.4. The Kier molecular flexibility index (Phi) is 8.26. The predicted molar refractivity (Wildman–Crippen MR) is 84.1 cm³/mol. The van der Waals surface area contributed by atoms with Gasteiger partial charge in [-0.25, -0.2) is 0 Å². The van der Waals surface area contributed by atoms with Gasteiger partial charge in [0.2, 0.25) is 5.91 Å². The summed E-state index contributed by atoms with van der Waals surface area (Å²) in [5.41, 5.74) is 7.00. The van der Waals surface area contributed by atoms with E-state index in [1.807, 2.05) is 45.0 Å². The van der Waals surface area contributed by atoms with E-state index in [2.05, 4.69) is 0 Å². The molecule has 20 heavy (non-hydrogen) atoms. The summed E-state index contributed by atoms with van der Waals surface area (Å²) in [5, 5.41) is 0. The number of rotatable bonds is 6. The summed E-state index contributed by atoms with van der Waals surface area (Å²) >= 11 is 0. The van der Waals surface area contributed by atoms with Gasteiger partial charge < -0.3 is 15.4 Å². The molecule has 1 atom stereocenters. The highest BCUT2D eigenvalue weighted by Gasteiger charge is 2.22. The normalized spacial score (nSPS) is 11.7. The molecule has 0 spiro atoms. The van der Waals surface area contributed by atoms with Crippen LogP contribution in [-0.2, 0) is 11.3 Å². The lowest BCUT2D eigenvalue weighted by Crippen LogP contribution is -2.46. The van der Waals surface area contributed by atoms with Gasteiger partial charge in [-0.05, 0) is 30.5 Å². The van der Waals surface area contributed by atoms with E-state index < -0.39 is 6.04 Å². The van der Waals surface area contributed by atoms with Gasteiger partial charge >= 0.3 is 0 Å². The Hall–Kier alpha value is -1.26. The monoisotopic (exact) mass is 300 g/mol. The largest absolute Gasteiger partial charge is 0.497 e. The van der Waals surface area contributed by atoms with Gasteiger partial charge in [-0.1, -0.05) is 26.0 Å². The zero-order chi connectivity index (χ0) is 14.4. The number of carbonyl (C=O) groups excluding carboxylic acids is 1. The van der Waals surface area contributed by atoms with Crippen LogP contribution in [0.4, 0.5) is 0 Å². The van der Waals surface area contributed by atoms with Gasteiger partial charge in [-0.3, -0.25) is 4.79 Å². The van der Waals surface area contributed by atoms with Crippen LogP contribution in [0.2, 0.25) is 0 Å². The number of benzene rings is 1. The number of nitrogens with zero attached hydrogens (tertiary/aromatic N) is 1. The smallest absolute Gasteiger partial charge is 0.240 e. The molecular weight excluding hydrogens is 276 g/mol. The molecule has 4 nitrogen and oxygen atoms in total. The fourth-order valence-electron chi connectivity index (χ4n) is 1.79. The van der Waals surface area contributed by atoms with Crippen molar-refractivity contribution in [1.29, 1.82) is 0 Å². The van der Waals surface area contributed by atoms with Gasteiger partial charge in [0.25, 0.3) is 0 Å². The number of amides is 1. The van der Waals surface area contributed by atoms with Crippen molar-refractivity contribution < 1.29 is 9.53 Å². The first-order valence-corrected chi connectivity index (χ1v) is 6.66. The van der Waals surface area contributed by atoms with Crippen LogP contribution in [0.15, 0.2) is 24.3 Å². The minimum atomic E-state index is -0.432. The maximum atomic E-state index is 12.2. The molecule has 5 heteroatoms. The van der Waals surface area contributed by atoms with Crippen LogP contribution >= 0.6 is 12.4 Å². The molecule has 1 aromatic carbocycles. The average molecular weight is 301 g/mol. The van der Waals surface area contributed by atoms with Crippen molar-refractivity contribution in [3.05, 3.63) is 29.8 Å². The van der Waals surface area contributed by atoms with Crippen molar-refractivity contribution in [1.82, 2.24) is 4.90 Å². The van der Waals surface area contributed by atoms with Crippen molar-refractivity contribution in [2.24, 2.45) is 11.7 Å². The summed E-state index contributed by atoms with van der Waals surface area (Å²) in [6.07, 6.45) is 0. The molecule has 0 unspecified atom stereocenters. The highest BCUT2D eigenvalue weighted by atomic mass is 35.5. The molecule has 1 amide bonds. The van der Waals surface area contributed by atoms with Crippen LogP contribution in [0.5, 0.6) is 5.75 Å². The SMILES string of the molecule is CCN(Cc1ccc(OC)cc1)C(=O)[C@H](N)C(C)C.Cl. The number of nitrogens with two attached hydrogens (primary N) is 1. The van der Waals surface area contributed by atoms with Gasteiger partial charge in [0, 0.05) is 13.1 Å². The molecule has 0 fully saturated rings. The second kappa shape index (κ2) is 8.82. The molecule has 0 radical (unpaired) electrons. The first-order chi connectivity index (χ1) is 8.99. The summed E-state index contributed by atoms with van der Waals surface area (Å²) < 4.78 is 5.12. The number of likely N-dealkylation sites (N-methyl/N-ethyl adjacent to an activating group) is 1. The molecule has 0 aliphatic carbocycles. The Morgan fingerprint density at radius 2 is 1.85 bits per heavy atom. The summed E-state index contributed by atoms with van der Waals surface area (Å²) in [4.78, 5) is 14.0. The second-order valence-corrected chi connectivity index (χ2v) is 4.97. The van der Waals surface area contributed by atoms with Crippen LogP contribution in [0.1, 0.15) is 26.3 Å². The van der Waals surface area contributed by atoms with Crippen LogP contribution in [-0.4, -0.2) is 30.5 Å². The van der Waals surface area contributed by atoms with Gasteiger partial charge in [0.05, 0.1) is 13.2 Å². The zero-order valence-electron chi connectivity index (χ0n) is 12.6. The first-order valence-electron chi connectivity index (χ1n) is 6.66. The highest BCUT2D eigenvalue weighted by molar-refractivity contribution is 5.85. The lowest BCUT2D eigenvalue weighted by molar-refractivity contribution is -0.134. The number of hydrogen-bond acceptors (Lipinski definition) is 3. The fraction of sp³-hybridized carbons (Fsp3) is 0.533. The maximum Gasteiger partial charge on any atom is 0.240 e. The summed E-state index contributed by atoms with van der Waals surface area (Å²) in [6, 6.07) is 7.30. The third-order valence-electron chi connectivity index (χ3n) is 3.23. The topological polar surface area (TPSA) is 55.6 Å². The van der Waals surface area contributed by atoms with Gasteiger partial charge in [-0.15, -0.1) is 12.4 Å². The van der Waals surface area contributed by atoms with Crippen molar-refractivity contribution in [3.63, 3.8) is 0 Å². The summed E-state index contributed by atoms with van der Waals surface area (Å²) in [7, 11) is 1.64. The number of ether oxygens (including phenoxy) is 1. The lowest BCUT2D eigenvalue weighted by atomic mass is 10.0. The molecule has 2 N–H and O–H groups in total. The van der Waals surface area contributed by atoms with Crippen LogP contribution in [0, 0.1) is 5.92 Å². The number of carbonyl (C=O) groups is 1. The minimum absolute atomic E-state index is 0. The Labute approximate surface area is 127 Å². The number of halogens is 1. The van der Waals surface area contributed by atoms with E-state index in [4.69, 9.17) is 10.5 Å². The van der Waals surface area contributed by atoms with Crippen LogP contribution in [0.3, 0.4) is 0 Å². The Morgan fingerprint density at radius 1 is 1.30 bits per heavy atom.